The lowest BCUT2D eigenvalue weighted by molar-refractivity contribution is -0.155. The lowest BCUT2D eigenvalue weighted by atomic mass is 9.63. The fourth-order valence-electron chi connectivity index (χ4n) is 3.45. The highest BCUT2D eigenvalue weighted by Crippen LogP contribution is 2.46. The van der Waals surface area contributed by atoms with E-state index in [1.165, 1.54) is 13.0 Å². The molecule has 3 heteroatoms. The Labute approximate surface area is 106 Å². The third-order valence-electron chi connectivity index (χ3n) is 4.94. The first kappa shape index (κ1) is 13.3. The predicted molar refractivity (Wildman–Crippen MR) is 70.9 cm³/mol. The highest BCUT2D eigenvalue weighted by molar-refractivity contribution is 5.05. The zero-order valence-corrected chi connectivity index (χ0v) is 11.8. The second-order valence-electron chi connectivity index (χ2n) is 6.44. The molecule has 0 aromatic rings. The highest BCUT2D eigenvalue weighted by Gasteiger charge is 2.51. The SMILES string of the molecule is CCOC1CC(N2CCC(N)C(C)C2)C1(C)C. The normalized spacial score (nSPS) is 42.2. The van der Waals surface area contributed by atoms with Crippen LogP contribution in [0.1, 0.15) is 40.5 Å². The highest BCUT2D eigenvalue weighted by atomic mass is 16.5. The number of rotatable bonds is 3. The van der Waals surface area contributed by atoms with E-state index in [2.05, 4.69) is 32.6 Å². The molecular weight excluding hydrogens is 212 g/mol. The van der Waals surface area contributed by atoms with Gasteiger partial charge in [0.05, 0.1) is 6.10 Å². The molecule has 4 unspecified atom stereocenters. The van der Waals surface area contributed by atoms with Gasteiger partial charge in [-0.1, -0.05) is 20.8 Å². The molecular formula is C14H28N2O. The average Bonchev–Trinajstić information content (AvgIpc) is 2.28. The van der Waals surface area contributed by atoms with E-state index in [1.807, 2.05) is 0 Å². The van der Waals surface area contributed by atoms with Gasteiger partial charge < -0.3 is 10.5 Å². The van der Waals surface area contributed by atoms with E-state index in [-0.39, 0.29) is 0 Å². The molecule has 2 N–H and O–H groups in total. The maximum absolute atomic E-state index is 6.09. The quantitative estimate of drug-likeness (QED) is 0.818. The minimum absolute atomic E-state index is 0.303. The molecule has 3 nitrogen and oxygen atoms in total. The maximum atomic E-state index is 6.09. The maximum Gasteiger partial charge on any atom is 0.0655 e. The van der Waals surface area contributed by atoms with E-state index in [4.69, 9.17) is 10.5 Å². The minimum Gasteiger partial charge on any atom is -0.378 e. The monoisotopic (exact) mass is 240 g/mol. The molecule has 1 aliphatic carbocycles. The first-order valence-corrected chi connectivity index (χ1v) is 7.08. The van der Waals surface area contributed by atoms with Crippen LogP contribution in [-0.4, -0.2) is 42.8 Å². The van der Waals surface area contributed by atoms with Gasteiger partial charge in [-0.15, -0.1) is 0 Å². The number of hydrogen-bond acceptors (Lipinski definition) is 3. The van der Waals surface area contributed by atoms with E-state index in [9.17, 15) is 0 Å². The smallest absolute Gasteiger partial charge is 0.0655 e. The van der Waals surface area contributed by atoms with Crippen molar-refractivity contribution in [2.75, 3.05) is 19.7 Å². The number of piperidine rings is 1. The molecule has 0 aromatic carbocycles. The van der Waals surface area contributed by atoms with Crippen LogP contribution < -0.4 is 5.73 Å². The van der Waals surface area contributed by atoms with E-state index >= 15 is 0 Å². The lowest BCUT2D eigenvalue weighted by Crippen LogP contribution is -2.64. The Morgan fingerprint density at radius 1 is 1.41 bits per heavy atom. The molecule has 1 heterocycles. The Bertz CT molecular complexity index is 267. The Hall–Kier alpha value is -0.120. The largest absolute Gasteiger partial charge is 0.378 e. The molecule has 0 bridgehead atoms. The van der Waals surface area contributed by atoms with Crippen molar-refractivity contribution in [3.63, 3.8) is 0 Å². The Balaban J connectivity index is 1.92. The van der Waals surface area contributed by atoms with Crippen molar-refractivity contribution in [1.82, 2.24) is 4.90 Å². The van der Waals surface area contributed by atoms with Crippen molar-refractivity contribution in [3.8, 4) is 0 Å². The van der Waals surface area contributed by atoms with Crippen LogP contribution in [-0.2, 0) is 4.74 Å². The van der Waals surface area contributed by atoms with E-state index < -0.39 is 0 Å². The molecule has 0 aromatic heterocycles. The number of nitrogens with two attached hydrogens (primary N) is 1. The molecule has 1 saturated carbocycles. The molecule has 2 fully saturated rings. The van der Waals surface area contributed by atoms with Gasteiger partial charge in [0.15, 0.2) is 0 Å². The topological polar surface area (TPSA) is 38.5 Å². The van der Waals surface area contributed by atoms with Crippen LogP contribution in [0.15, 0.2) is 0 Å². The zero-order valence-electron chi connectivity index (χ0n) is 11.8. The van der Waals surface area contributed by atoms with Crippen LogP contribution in [0.25, 0.3) is 0 Å². The summed E-state index contributed by atoms with van der Waals surface area (Å²) >= 11 is 0. The molecule has 4 atom stereocenters. The minimum atomic E-state index is 0.303. The number of likely N-dealkylation sites (tertiary alicyclic amines) is 1. The first-order chi connectivity index (χ1) is 7.96. The van der Waals surface area contributed by atoms with Crippen LogP contribution in [0.4, 0.5) is 0 Å². The van der Waals surface area contributed by atoms with Crippen LogP contribution in [0, 0.1) is 11.3 Å². The first-order valence-electron chi connectivity index (χ1n) is 7.08. The van der Waals surface area contributed by atoms with Gasteiger partial charge in [0.2, 0.25) is 0 Å². The number of ether oxygens (including phenoxy) is 1. The van der Waals surface area contributed by atoms with Gasteiger partial charge in [0, 0.05) is 30.7 Å². The molecule has 100 valence electrons. The summed E-state index contributed by atoms with van der Waals surface area (Å²) in [6.45, 7) is 12.2. The molecule has 0 amide bonds. The number of hydrogen-bond donors (Lipinski definition) is 1. The van der Waals surface area contributed by atoms with Crippen molar-refractivity contribution in [3.05, 3.63) is 0 Å². The van der Waals surface area contributed by atoms with Gasteiger partial charge in [-0.3, -0.25) is 4.90 Å². The molecule has 2 aliphatic rings. The van der Waals surface area contributed by atoms with Gasteiger partial charge in [0.1, 0.15) is 0 Å². The summed E-state index contributed by atoms with van der Waals surface area (Å²) in [5.74, 6) is 0.630. The van der Waals surface area contributed by atoms with Crippen molar-refractivity contribution < 1.29 is 4.74 Å². The summed E-state index contributed by atoms with van der Waals surface area (Å²) < 4.78 is 5.81. The summed E-state index contributed by atoms with van der Waals surface area (Å²) in [5, 5.41) is 0. The van der Waals surface area contributed by atoms with Crippen molar-refractivity contribution in [2.24, 2.45) is 17.1 Å². The van der Waals surface area contributed by atoms with Gasteiger partial charge in [-0.05, 0) is 32.2 Å². The fraction of sp³-hybridized carbons (Fsp3) is 1.00. The van der Waals surface area contributed by atoms with E-state index in [0.717, 1.165) is 19.6 Å². The standard InChI is InChI=1S/C14H28N2O/c1-5-17-13-8-12(14(13,3)4)16-7-6-11(15)10(2)9-16/h10-13H,5-9,15H2,1-4H3. The van der Waals surface area contributed by atoms with Crippen molar-refractivity contribution >= 4 is 0 Å². The Morgan fingerprint density at radius 2 is 2.12 bits per heavy atom. The van der Waals surface area contributed by atoms with Crippen LogP contribution >= 0.6 is 0 Å². The average molecular weight is 240 g/mol. The second-order valence-corrected chi connectivity index (χ2v) is 6.44. The summed E-state index contributed by atoms with van der Waals surface area (Å²) in [4.78, 5) is 2.64. The number of nitrogens with zero attached hydrogens (tertiary/aromatic N) is 1. The summed E-state index contributed by atoms with van der Waals surface area (Å²) in [6.07, 6.45) is 2.79. The molecule has 0 spiro atoms. The van der Waals surface area contributed by atoms with Gasteiger partial charge in [-0.2, -0.15) is 0 Å². The van der Waals surface area contributed by atoms with Gasteiger partial charge >= 0.3 is 0 Å². The van der Waals surface area contributed by atoms with Crippen molar-refractivity contribution in [1.29, 1.82) is 0 Å². The summed E-state index contributed by atoms with van der Waals surface area (Å²) in [7, 11) is 0. The van der Waals surface area contributed by atoms with E-state index in [1.54, 1.807) is 0 Å². The molecule has 1 saturated heterocycles. The fourth-order valence-corrected chi connectivity index (χ4v) is 3.45. The zero-order chi connectivity index (χ0) is 12.6. The van der Waals surface area contributed by atoms with E-state index in [0.29, 0.717) is 29.5 Å². The molecule has 2 rings (SSSR count). The summed E-state index contributed by atoms with van der Waals surface area (Å²) in [5.41, 5.74) is 6.39. The molecule has 1 aliphatic heterocycles. The second kappa shape index (κ2) is 4.87. The van der Waals surface area contributed by atoms with Crippen molar-refractivity contribution in [2.45, 2.75) is 58.7 Å². The Kier molecular flexibility index (Phi) is 3.81. The molecule has 0 radical (unpaired) electrons. The van der Waals surface area contributed by atoms with Gasteiger partial charge in [-0.25, -0.2) is 0 Å². The Morgan fingerprint density at radius 3 is 2.65 bits per heavy atom. The van der Waals surface area contributed by atoms with Crippen LogP contribution in [0.2, 0.25) is 0 Å². The molecule has 17 heavy (non-hydrogen) atoms. The third-order valence-corrected chi connectivity index (χ3v) is 4.94. The lowest BCUT2D eigenvalue weighted by Gasteiger charge is -2.57. The predicted octanol–water partition coefficient (Wildman–Crippen LogP) is 1.86. The third kappa shape index (κ3) is 2.38. The van der Waals surface area contributed by atoms with Gasteiger partial charge in [0.25, 0.3) is 0 Å². The summed E-state index contributed by atoms with van der Waals surface area (Å²) in [6, 6.07) is 1.09. The van der Waals surface area contributed by atoms with Crippen LogP contribution in [0.5, 0.6) is 0 Å². The van der Waals surface area contributed by atoms with Crippen LogP contribution in [0.3, 0.4) is 0 Å².